The van der Waals surface area contributed by atoms with Crippen LogP contribution in [-0.4, -0.2) is 17.7 Å². The van der Waals surface area contributed by atoms with Gasteiger partial charge in [0, 0.05) is 18.5 Å². The molecule has 41 heavy (non-hydrogen) atoms. The fraction of sp³-hybridized carbons (Fsp3) is 0.541. The summed E-state index contributed by atoms with van der Waals surface area (Å²) in [7, 11) is 0. The first-order valence-electron chi connectivity index (χ1n) is 15.6. The van der Waals surface area contributed by atoms with Crippen molar-refractivity contribution in [1.29, 1.82) is 0 Å². The maximum absolute atomic E-state index is 14.4. The van der Waals surface area contributed by atoms with E-state index < -0.39 is 11.2 Å². The number of ether oxygens (including phenoxy) is 1. The second-order valence-corrected chi connectivity index (χ2v) is 9.36. The number of aromatic amines is 1. The number of fused-ring (bicyclic) bond motifs is 1. The van der Waals surface area contributed by atoms with Crippen molar-refractivity contribution in [3.05, 3.63) is 86.7 Å². The van der Waals surface area contributed by atoms with E-state index in [2.05, 4.69) is 44.5 Å². The average molecular weight is 568 g/mol. The largest absolute Gasteiger partial charge is 0.362 e. The molecule has 2 rings (SSSR count). The molecule has 1 N–H and O–H groups in total. The molecule has 230 valence electrons. The summed E-state index contributed by atoms with van der Waals surface area (Å²) in [5.74, 6) is 5.65. The van der Waals surface area contributed by atoms with Gasteiger partial charge < -0.3 is 9.72 Å². The molecular formula is C37H58FNO2. The Morgan fingerprint density at radius 2 is 1.71 bits per heavy atom. The summed E-state index contributed by atoms with van der Waals surface area (Å²) in [5, 5.41) is 0. The summed E-state index contributed by atoms with van der Waals surface area (Å²) in [6.07, 6.45) is 17.7. The second-order valence-electron chi connectivity index (χ2n) is 9.36. The summed E-state index contributed by atoms with van der Waals surface area (Å²) >= 11 is 0. The van der Waals surface area contributed by atoms with Crippen LogP contribution in [0.15, 0.2) is 64.2 Å². The summed E-state index contributed by atoms with van der Waals surface area (Å²) in [6.45, 7) is 25.0. The van der Waals surface area contributed by atoms with Crippen LogP contribution in [-0.2, 0) is 4.74 Å². The molecule has 0 saturated carbocycles. The molecule has 0 saturated heterocycles. The van der Waals surface area contributed by atoms with E-state index in [1.165, 1.54) is 19.0 Å². The van der Waals surface area contributed by atoms with Crippen LogP contribution >= 0.6 is 0 Å². The molecule has 2 atom stereocenters. The van der Waals surface area contributed by atoms with Gasteiger partial charge >= 0.3 is 0 Å². The predicted octanol–water partition coefficient (Wildman–Crippen LogP) is 10.9. The first-order valence-corrected chi connectivity index (χ1v) is 15.6. The van der Waals surface area contributed by atoms with E-state index in [1.54, 1.807) is 0 Å². The first kappa shape index (κ1) is 40.2. The van der Waals surface area contributed by atoms with Crippen molar-refractivity contribution in [2.75, 3.05) is 6.61 Å². The lowest BCUT2D eigenvalue weighted by atomic mass is 9.88. The van der Waals surface area contributed by atoms with E-state index in [0.29, 0.717) is 12.2 Å². The quantitative estimate of drug-likeness (QED) is 0.193. The molecule has 1 aliphatic rings. The fourth-order valence-electron chi connectivity index (χ4n) is 3.98. The Balaban J connectivity index is 0. The van der Waals surface area contributed by atoms with Crippen LogP contribution < -0.4 is 5.43 Å². The Labute approximate surface area is 251 Å². The molecule has 3 nitrogen and oxygen atoms in total. The molecule has 2 unspecified atom stereocenters. The third-order valence-electron chi connectivity index (χ3n) is 6.23. The molecule has 0 fully saturated rings. The summed E-state index contributed by atoms with van der Waals surface area (Å²) in [4.78, 5) is 16.1. The van der Waals surface area contributed by atoms with Crippen LogP contribution in [0.3, 0.4) is 0 Å². The van der Waals surface area contributed by atoms with Gasteiger partial charge in [-0.2, -0.15) is 0 Å². The molecule has 0 bridgehead atoms. The lowest BCUT2D eigenvalue weighted by Gasteiger charge is -2.16. The number of H-pyrrole nitrogens is 1. The van der Waals surface area contributed by atoms with Crippen LogP contribution in [0, 0.1) is 17.7 Å². The fourth-order valence-corrected chi connectivity index (χ4v) is 3.98. The third kappa shape index (κ3) is 14.0. The van der Waals surface area contributed by atoms with Gasteiger partial charge in [-0.25, -0.2) is 4.39 Å². The normalized spacial score (nSPS) is 15.8. The number of pyridine rings is 1. The van der Waals surface area contributed by atoms with Gasteiger partial charge in [0.05, 0.1) is 5.56 Å². The van der Waals surface area contributed by atoms with E-state index in [0.717, 1.165) is 47.2 Å². The standard InChI is InChI=1S/C29H36FNO2.C4H10.2C2H6/c1-7-10-13-21(5)26-24(20(4)14-11-15-23(12-8-2)33-18-9-3)17-16-22(6)28-27(26)29(32)25(30)19-31-28;1-3-4-2;2*1-2/h7-8,10,12-14,19,22-23H,9,16-18H2,1-6H3,(H,31,32);3-4H2,1-2H3;2*1-2H3/b10-7-,12-8-,20-14+,21-13+;;;. The van der Waals surface area contributed by atoms with Crippen LogP contribution in [0.1, 0.15) is 132 Å². The van der Waals surface area contributed by atoms with Gasteiger partial charge in [-0.15, -0.1) is 0 Å². The van der Waals surface area contributed by atoms with E-state index in [4.69, 9.17) is 4.74 Å². The molecule has 0 radical (unpaired) electrons. The van der Waals surface area contributed by atoms with Crippen molar-refractivity contribution < 1.29 is 9.13 Å². The van der Waals surface area contributed by atoms with Gasteiger partial charge in [0.2, 0.25) is 5.43 Å². The van der Waals surface area contributed by atoms with Crippen molar-refractivity contribution in [1.82, 2.24) is 4.98 Å². The highest BCUT2D eigenvalue weighted by atomic mass is 19.1. The van der Waals surface area contributed by atoms with Gasteiger partial charge in [0.25, 0.3) is 0 Å². The number of aromatic nitrogens is 1. The topological polar surface area (TPSA) is 42.1 Å². The van der Waals surface area contributed by atoms with Crippen molar-refractivity contribution in [3.63, 3.8) is 0 Å². The molecular weight excluding hydrogens is 509 g/mol. The first-order chi connectivity index (χ1) is 19.8. The summed E-state index contributed by atoms with van der Waals surface area (Å²) in [6, 6.07) is 0. The van der Waals surface area contributed by atoms with Crippen LogP contribution in [0.25, 0.3) is 5.57 Å². The van der Waals surface area contributed by atoms with Crippen LogP contribution in [0.5, 0.6) is 0 Å². The molecule has 0 aliphatic heterocycles. The Hall–Kier alpha value is -2.90. The van der Waals surface area contributed by atoms with Crippen molar-refractivity contribution in [2.24, 2.45) is 0 Å². The highest BCUT2D eigenvalue weighted by molar-refractivity contribution is 5.85. The number of allylic oxidation sites excluding steroid dienone is 9. The van der Waals surface area contributed by atoms with E-state index >= 15 is 0 Å². The Morgan fingerprint density at radius 1 is 1.07 bits per heavy atom. The highest BCUT2D eigenvalue weighted by Crippen LogP contribution is 2.40. The SMILES string of the molecule is C/C=C\C=C(/C)C1=C(/C(C)=C/C#CC(/C=C\C)OCCC)CCC(C)c2[nH]cc(F)c(=O)c21.CC.CC.CCCC. The zero-order chi connectivity index (χ0) is 31.8. The number of hydrogen-bond donors (Lipinski definition) is 1. The lowest BCUT2D eigenvalue weighted by molar-refractivity contribution is 0.121. The molecule has 1 heterocycles. The predicted molar refractivity (Wildman–Crippen MR) is 180 cm³/mol. The maximum atomic E-state index is 14.4. The average Bonchev–Trinajstić information content (AvgIpc) is 3.15. The van der Waals surface area contributed by atoms with Crippen molar-refractivity contribution in [2.45, 2.75) is 127 Å². The Bertz CT molecular complexity index is 1130. The zero-order valence-corrected chi connectivity index (χ0v) is 28.1. The summed E-state index contributed by atoms with van der Waals surface area (Å²) < 4.78 is 20.2. The minimum atomic E-state index is -0.762. The third-order valence-corrected chi connectivity index (χ3v) is 6.23. The lowest BCUT2D eigenvalue weighted by Crippen LogP contribution is -2.18. The molecule has 0 spiro atoms. The zero-order valence-electron chi connectivity index (χ0n) is 28.1. The smallest absolute Gasteiger partial charge is 0.225 e. The van der Waals surface area contributed by atoms with E-state index in [9.17, 15) is 9.18 Å². The number of nitrogens with one attached hydrogen (secondary N) is 1. The molecule has 0 aromatic carbocycles. The second kappa shape index (κ2) is 24.9. The van der Waals surface area contributed by atoms with Gasteiger partial charge in [-0.1, -0.05) is 104 Å². The molecule has 1 aliphatic carbocycles. The van der Waals surface area contributed by atoms with Gasteiger partial charge in [0.1, 0.15) is 6.10 Å². The maximum Gasteiger partial charge on any atom is 0.225 e. The Morgan fingerprint density at radius 3 is 2.24 bits per heavy atom. The van der Waals surface area contributed by atoms with Crippen molar-refractivity contribution >= 4 is 5.57 Å². The molecule has 0 amide bonds. The Kier molecular flexibility index (Phi) is 24.4. The molecule has 4 heteroatoms. The molecule has 1 aromatic heterocycles. The number of halogens is 1. The molecule has 1 aromatic rings. The number of hydrogen-bond acceptors (Lipinski definition) is 2. The monoisotopic (exact) mass is 567 g/mol. The van der Waals surface area contributed by atoms with Gasteiger partial charge in [-0.05, 0) is 87.3 Å². The van der Waals surface area contributed by atoms with Crippen LogP contribution in [0.4, 0.5) is 4.39 Å². The van der Waals surface area contributed by atoms with E-state index in [1.807, 2.05) is 91.8 Å². The van der Waals surface area contributed by atoms with E-state index in [-0.39, 0.29) is 12.0 Å². The van der Waals surface area contributed by atoms with Crippen LogP contribution in [0.2, 0.25) is 0 Å². The van der Waals surface area contributed by atoms with Crippen molar-refractivity contribution in [3.8, 4) is 11.8 Å². The van der Waals surface area contributed by atoms with Gasteiger partial charge in [-0.3, -0.25) is 4.79 Å². The highest BCUT2D eigenvalue weighted by Gasteiger charge is 2.27. The minimum absolute atomic E-state index is 0.107. The summed E-state index contributed by atoms with van der Waals surface area (Å²) in [5.41, 5.74) is 4.40. The van der Waals surface area contributed by atoms with Gasteiger partial charge in [0.15, 0.2) is 5.82 Å². The minimum Gasteiger partial charge on any atom is -0.362 e. The number of rotatable bonds is 8. The number of unbranched alkanes of at least 4 members (excludes halogenated alkanes) is 1.